The van der Waals surface area contributed by atoms with Gasteiger partial charge in [-0.05, 0) is 58.7 Å². The molecular formula is C36H23N3S2. The van der Waals surface area contributed by atoms with Gasteiger partial charge >= 0.3 is 0 Å². The molecule has 3 aromatic heterocycles. The smallest absolute Gasteiger partial charge is 0.123 e. The molecule has 194 valence electrons. The summed E-state index contributed by atoms with van der Waals surface area (Å²) in [5.74, 6) is 0. The standard InChI is InChI=1S/C36H23N3S2/c1-2-10-30(11-3-1)39-33-22-26(24-6-4-8-28(20-24)35-37-16-18-40-35)12-14-31(33)32-15-13-27(23-34(32)39)25-7-5-9-29(21-25)36-38-17-19-41-36/h1-23H. The third-order valence-electron chi connectivity index (χ3n) is 7.53. The first-order valence-electron chi connectivity index (χ1n) is 13.5. The number of thiazole rings is 2. The lowest BCUT2D eigenvalue weighted by Crippen LogP contribution is -1.94. The average molecular weight is 562 g/mol. The Bertz CT molecular complexity index is 2010. The number of benzene rings is 5. The van der Waals surface area contributed by atoms with E-state index in [-0.39, 0.29) is 0 Å². The van der Waals surface area contributed by atoms with Gasteiger partial charge in [0.2, 0.25) is 0 Å². The van der Waals surface area contributed by atoms with Crippen LogP contribution in [0.25, 0.3) is 70.9 Å². The van der Waals surface area contributed by atoms with Crippen LogP contribution in [0, 0.1) is 0 Å². The molecule has 0 atom stereocenters. The lowest BCUT2D eigenvalue weighted by molar-refractivity contribution is 1.18. The van der Waals surface area contributed by atoms with E-state index < -0.39 is 0 Å². The molecule has 5 aromatic carbocycles. The zero-order valence-electron chi connectivity index (χ0n) is 21.9. The van der Waals surface area contributed by atoms with E-state index in [2.05, 4.69) is 130 Å². The predicted octanol–water partition coefficient (Wildman–Crippen LogP) is 10.4. The number of aromatic nitrogens is 3. The van der Waals surface area contributed by atoms with Gasteiger partial charge in [0, 0.05) is 50.7 Å². The zero-order chi connectivity index (χ0) is 27.2. The highest BCUT2D eigenvalue weighted by Gasteiger charge is 2.15. The van der Waals surface area contributed by atoms with E-state index in [1.54, 1.807) is 22.7 Å². The van der Waals surface area contributed by atoms with Crippen LogP contribution >= 0.6 is 22.7 Å². The van der Waals surface area contributed by atoms with Gasteiger partial charge in [-0.2, -0.15) is 0 Å². The van der Waals surface area contributed by atoms with E-state index >= 15 is 0 Å². The summed E-state index contributed by atoms with van der Waals surface area (Å²) < 4.78 is 2.40. The summed E-state index contributed by atoms with van der Waals surface area (Å²) in [5.41, 5.74) is 10.6. The number of fused-ring (bicyclic) bond motifs is 3. The second-order valence-electron chi connectivity index (χ2n) is 9.97. The maximum atomic E-state index is 4.52. The van der Waals surface area contributed by atoms with Gasteiger partial charge in [-0.15, -0.1) is 22.7 Å². The van der Waals surface area contributed by atoms with Gasteiger partial charge in [0.05, 0.1) is 11.0 Å². The van der Waals surface area contributed by atoms with Crippen LogP contribution in [0.1, 0.15) is 0 Å². The van der Waals surface area contributed by atoms with Gasteiger partial charge in [-0.3, -0.25) is 0 Å². The molecule has 0 aliphatic rings. The Kier molecular flexibility index (Phi) is 5.83. The molecule has 0 aliphatic heterocycles. The van der Waals surface area contributed by atoms with Crippen LogP contribution in [-0.4, -0.2) is 14.5 Å². The Hall–Kier alpha value is -4.84. The molecule has 41 heavy (non-hydrogen) atoms. The fourth-order valence-corrected chi connectivity index (χ4v) is 6.90. The summed E-state index contributed by atoms with van der Waals surface area (Å²) in [7, 11) is 0. The van der Waals surface area contributed by atoms with Crippen molar-refractivity contribution in [3.05, 3.63) is 138 Å². The number of hydrogen-bond donors (Lipinski definition) is 0. The minimum atomic E-state index is 1.04. The van der Waals surface area contributed by atoms with Crippen LogP contribution in [0.3, 0.4) is 0 Å². The van der Waals surface area contributed by atoms with Crippen LogP contribution < -0.4 is 0 Å². The number of hydrogen-bond acceptors (Lipinski definition) is 4. The van der Waals surface area contributed by atoms with Crippen molar-refractivity contribution >= 4 is 44.5 Å². The van der Waals surface area contributed by atoms with E-state index in [1.165, 1.54) is 44.1 Å². The summed E-state index contributed by atoms with van der Waals surface area (Å²) in [6.45, 7) is 0. The lowest BCUT2D eigenvalue weighted by Gasteiger charge is -2.10. The number of nitrogens with zero attached hydrogens (tertiary/aromatic N) is 3. The Morgan fingerprint density at radius 2 is 0.927 bits per heavy atom. The van der Waals surface area contributed by atoms with Crippen LogP contribution in [-0.2, 0) is 0 Å². The topological polar surface area (TPSA) is 30.7 Å². The second kappa shape index (κ2) is 9.97. The van der Waals surface area contributed by atoms with Crippen LogP contribution in [0.5, 0.6) is 0 Å². The molecule has 0 N–H and O–H groups in total. The first-order chi connectivity index (χ1) is 20.3. The first-order valence-corrected chi connectivity index (χ1v) is 15.2. The van der Waals surface area contributed by atoms with Gasteiger partial charge in [0.25, 0.3) is 0 Å². The van der Waals surface area contributed by atoms with Gasteiger partial charge < -0.3 is 4.57 Å². The summed E-state index contributed by atoms with van der Waals surface area (Å²) in [6, 6.07) is 41.7. The van der Waals surface area contributed by atoms with Crippen molar-refractivity contribution in [2.45, 2.75) is 0 Å². The van der Waals surface area contributed by atoms with E-state index in [4.69, 9.17) is 0 Å². The first kappa shape index (κ1) is 24.0. The fourth-order valence-electron chi connectivity index (χ4n) is 5.63. The van der Waals surface area contributed by atoms with E-state index in [1.807, 2.05) is 23.2 Å². The highest BCUT2D eigenvalue weighted by Crippen LogP contribution is 2.38. The third kappa shape index (κ3) is 4.27. The average Bonchev–Trinajstić information content (AvgIpc) is 3.82. The molecule has 0 aliphatic carbocycles. The maximum Gasteiger partial charge on any atom is 0.123 e. The van der Waals surface area contributed by atoms with Crippen LogP contribution in [0.2, 0.25) is 0 Å². The fraction of sp³-hybridized carbons (Fsp3) is 0. The largest absolute Gasteiger partial charge is 0.309 e. The molecule has 0 unspecified atom stereocenters. The highest BCUT2D eigenvalue weighted by atomic mass is 32.1. The molecule has 0 spiro atoms. The van der Waals surface area contributed by atoms with E-state index in [9.17, 15) is 0 Å². The van der Waals surface area contributed by atoms with Crippen molar-refractivity contribution < 1.29 is 0 Å². The highest BCUT2D eigenvalue weighted by molar-refractivity contribution is 7.13. The predicted molar refractivity (Wildman–Crippen MR) is 174 cm³/mol. The van der Waals surface area contributed by atoms with Crippen LogP contribution in [0.15, 0.2) is 138 Å². The minimum Gasteiger partial charge on any atom is -0.309 e. The molecule has 0 saturated heterocycles. The third-order valence-corrected chi connectivity index (χ3v) is 9.18. The Labute approximate surface area is 245 Å². The summed E-state index contributed by atoms with van der Waals surface area (Å²) in [6.07, 6.45) is 3.72. The molecule has 3 heterocycles. The molecule has 0 amide bonds. The van der Waals surface area contributed by atoms with Gasteiger partial charge in [-0.1, -0.05) is 78.9 Å². The lowest BCUT2D eigenvalue weighted by atomic mass is 10.00. The van der Waals surface area contributed by atoms with Crippen molar-refractivity contribution in [3.8, 4) is 49.1 Å². The van der Waals surface area contributed by atoms with Gasteiger partial charge in [-0.25, -0.2) is 9.97 Å². The molecule has 8 aromatic rings. The van der Waals surface area contributed by atoms with Crippen molar-refractivity contribution in [2.24, 2.45) is 0 Å². The second-order valence-corrected chi connectivity index (χ2v) is 11.8. The normalized spacial score (nSPS) is 11.4. The Morgan fingerprint density at radius 1 is 0.439 bits per heavy atom. The molecule has 8 rings (SSSR count). The molecule has 5 heteroatoms. The molecular weight excluding hydrogens is 539 g/mol. The minimum absolute atomic E-state index is 1.04. The van der Waals surface area contributed by atoms with Crippen molar-refractivity contribution in [1.82, 2.24) is 14.5 Å². The van der Waals surface area contributed by atoms with Crippen molar-refractivity contribution in [2.75, 3.05) is 0 Å². The van der Waals surface area contributed by atoms with Crippen LogP contribution in [0.4, 0.5) is 0 Å². The van der Waals surface area contributed by atoms with E-state index in [0.29, 0.717) is 0 Å². The Morgan fingerprint density at radius 3 is 1.41 bits per heavy atom. The van der Waals surface area contributed by atoms with E-state index in [0.717, 1.165) is 26.8 Å². The molecule has 0 radical (unpaired) electrons. The molecule has 0 fully saturated rings. The Balaban J connectivity index is 1.32. The molecule has 3 nitrogen and oxygen atoms in total. The zero-order valence-corrected chi connectivity index (χ0v) is 23.6. The van der Waals surface area contributed by atoms with Crippen molar-refractivity contribution in [3.63, 3.8) is 0 Å². The van der Waals surface area contributed by atoms with Gasteiger partial charge in [0.15, 0.2) is 0 Å². The summed E-state index contributed by atoms with van der Waals surface area (Å²) in [5, 5.41) is 8.61. The summed E-state index contributed by atoms with van der Waals surface area (Å²) in [4.78, 5) is 9.04. The molecule has 0 saturated carbocycles. The monoisotopic (exact) mass is 561 g/mol. The van der Waals surface area contributed by atoms with Gasteiger partial charge in [0.1, 0.15) is 10.0 Å². The SMILES string of the molecule is c1ccc(-n2c3cc(-c4cccc(-c5nccs5)c4)ccc3c3ccc(-c4cccc(-c5nccs5)c4)cc32)cc1. The maximum absolute atomic E-state index is 4.52. The quantitative estimate of drug-likeness (QED) is 0.209. The number of rotatable bonds is 5. The summed E-state index contributed by atoms with van der Waals surface area (Å²) >= 11 is 3.33. The number of para-hydroxylation sites is 1. The molecule has 0 bridgehead atoms. The van der Waals surface area contributed by atoms with Crippen molar-refractivity contribution in [1.29, 1.82) is 0 Å².